The fourth-order valence-electron chi connectivity index (χ4n) is 2.08. The lowest BCUT2D eigenvalue weighted by atomic mass is 9.95. The second-order valence-corrected chi connectivity index (χ2v) is 4.62. The molecule has 1 aliphatic carbocycles. The molecule has 0 saturated heterocycles. The van der Waals surface area contributed by atoms with Crippen molar-refractivity contribution < 1.29 is 9.59 Å². The molecule has 0 aliphatic heterocycles. The van der Waals surface area contributed by atoms with Crippen molar-refractivity contribution in [2.45, 2.75) is 51.1 Å². The van der Waals surface area contributed by atoms with Crippen LogP contribution in [0.2, 0.25) is 0 Å². The van der Waals surface area contributed by atoms with Crippen molar-refractivity contribution in [3.63, 3.8) is 0 Å². The van der Waals surface area contributed by atoms with Gasteiger partial charge in [0, 0.05) is 13.1 Å². The van der Waals surface area contributed by atoms with Gasteiger partial charge >= 0.3 is 0 Å². The number of carbonyl (C=O) groups is 2. The summed E-state index contributed by atoms with van der Waals surface area (Å²) in [7, 11) is 1.59. The largest absolute Gasteiger partial charge is 0.358 e. The highest BCUT2D eigenvalue weighted by atomic mass is 16.2. The van der Waals surface area contributed by atoms with Gasteiger partial charge in [0.2, 0.25) is 11.8 Å². The minimum atomic E-state index is -0.336. The number of nitrogens with one attached hydrogen (secondary N) is 3. The van der Waals surface area contributed by atoms with Gasteiger partial charge in [-0.15, -0.1) is 0 Å². The summed E-state index contributed by atoms with van der Waals surface area (Å²) in [6.07, 6.45) is 5.84. The molecule has 1 rings (SSSR count). The molecule has 3 N–H and O–H groups in total. The zero-order chi connectivity index (χ0) is 12.7. The average Bonchev–Trinajstić information content (AvgIpc) is 2.36. The molecule has 0 aromatic rings. The van der Waals surface area contributed by atoms with Crippen LogP contribution in [0.25, 0.3) is 0 Å². The van der Waals surface area contributed by atoms with Crippen LogP contribution in [-0.4, -0.2) is 37.5 Å². The predicted octanol–water partition coefficient (Wildman–Crippen LogP) is 0.159. The van der Waals surface area contributed by atoms with Gasteiger partial charge in [0.15, 0.2) is 0 Å². The summed E-state index contributed by atoms with van der Waals surface area (Å²) in [6, 6.07) is -0.00883. The molecule has 5 nitrogen and oxygen atoms in total. The molecule has 1 aliphatic rings. The minimum absolute atomic E-state index is 0.0207. The van der Waals surface area contributed by atoms with Gasteiger partial charge in [-0.1, -0.05) is 19.3 Å². The zero-order valence-electron chi connectivity index (χ0n) is 10.7. The van der Waals surface area contributed by atoms with Crippen LogP contribution in [0.1, 0.15) is 39.0 Å². The topological polar surface area (TPSA) is 70.2 Å². The fraction of sp³-hybridized carbons (Fsp3) is 0.833. The summed E-state index contributed by atoms with van der Waals surface area (Å²) in [6.45, 7) is 1.94. The second kappa shape index (κ2) is 7.27. The smallest absolute Gasteiger partial charge is 0.236 e. The number of carbonyl (C=O) groups excluding carboxylic acids is 2. The van der Waals surface area contributed by atoms with Crippen molar-refractivity contribution in [2.75, 3.05) is 13.6 Å². The minimum Gasteiger partial charge on any atom is -0.358 e. The van der Waals surface area contributed by atoms with Gasteiger partial charge in [0.1, 0.15) is 0 Å². The highest BCUT2D eigenvalue weighted by Crippen LogP contribution is 2.16. The Balaban J connectivity index is 2.18. The Morgan fingerprint density at radius 2 is 1.88 bits per heavy atom. The molecule has 2 amide bonds. The molecule has 0 radical (unpaired) electrons. The Morgan fingerprint density at radius 3 is 2.47 bits per heavy atom. The van der Waals surface area contributed by atoms with Crippen molar-refractivity contribution in [1.82, 2.24) is 16.0 Å². The van der Waals surface area contributed by atoms with E-state index >= 15 is 0 Å². The first-order chi connectivity index (χ1) is 8.13. The van der Waals surface area contributed by atoms with Gasteiger partial charge in [0.25, 0.3) is 0 Å². The van der Waals surface area contributed by atoms with E-state index in [9.17, 15) is 9.59 Å². The van der Waals surface area contributed by atoms with E-state index < -0.39 is 0 Å². The summed E-state index contributed by atoms with van der Waals surface area (Å²) in [5.74, 6) is -0.122. The molecule has 0 bridgehead atoms. The van der Waals surface area contributed by atoms with E-state index in [2.05, 4.69) is 16.0 Å². The van der Waals surface area contributed by atoms with Crippen molar-refractivity contribution in [2.24, 2.45) is 0 Å². The molecule has 1 saturated carbocycles. The summed E-state index contributed by atoms with van der Waals surface area (Å²) < 4.78 is 0. The normalized spacial score (nSPS) is 18.5. The van der Waals surface area contributed by atoms with E-state index in [0.717, 1.165) is 12.8 Å². The number of hydrogen-bond acceptors (Lipinski definition) is 3. The molecule has 17 heavy (non-hydrogen) atoms. The van der Waals surface area contributed by atoms with Crippen molar-refractivity contribution >= 4 is 11.8 Å². The number of hydrogen-bond donors (Lipinski definition) is 3. The Labute approximate surface area is 103 Å². The molecular formula is C12H23N3O2. The van der Waals surface area contributed by atoms with Crippen LogP contribution in [-0.2, 0) is 9.59 Å². The molecular weight excluding hydrogens is 218 g/mol. The lowest BCUT2D eigenvalue weighted by Crippen LogP contribution is -2.47. The third kappa shape index (κ3) is 5.17. The summed E-state index contributed by atoms with van der Waals surface area (Å²) in [5.41, 5.74) is 0. The summed E-state index contributed by atoms with van der Waals surface area (Å²) in [4.78, 5) is 22.8. The maximum Gasteiger partial charge on any atom is 0.236 e. The summed E-state index contributed by atoms with van der Waals surface area (Å²) >= 11 is 0. The lowest BCUT2D eigenvalue weighted by Gasteiger charge is -2.23. The van der Waals surface area contributed by atoms with Crippen molar-refractivity contribution in [3.8, 4) is 0 Å². The Bertz CT molecular complexity index is 262. The first kappa shape index (κ1) is 14.0. The fourth-order valence-corrected chi connectivity index (χ4v) is 2.08. The molecule has 0 spiro atoms. The lowest BCUT2D eigenvalue weighted by molar-refractivity contribution is -0.123. The van der Waals surface area contributed by atoms with Crippen molar-refractivity contribution in [1.29, 1.82) is 0 Å². The zero-order valence-corrected chi connectivity index (χ0v) is 10.7. The predicted molar refractivity (Wildman–Crippen MR) is 66.5 cm³/mol. The maximum absolute atomic E-state index is 11.6. The second-order valence-electron chi connectivity index (χ2n) is 4.62. The molecule has 98 valence electrons. The number of rotatable bonds is 5. The Hall–Kier alpha value is -1.10. The molecule has 1 atom stereocenters. The van der Waals surface area contributed by atoms with Crippen LogP contribution in [0.4, 0.5) is 0 Å². The Morgan fingerprint density at radius 1 is 1.24 bits per heavy atom. The average molecular weight is 241 g/mol. The highest BCUT2D eigenvalue weighted by Gasteiger charge is 2.16. The number of likely N-dealkylation sites (N-methyl/N-ethyl adjacent to an activating group) is 1. The van der Waals surface area contributed by atoms with E-state index in [0.29, 0.717) is 6.04 Å². The van der Waals surface area contributed by atoms with Gasteiger partial charge < -0.3 is 10.6 Å². The molecule has 1 fully saturated rings. The number of amides is 2. The van der Waals surface area contributed by atoms with E-state index in [1.165, 1.54) is 19.3 Å². The van der Waals surface area contributed by atoms with Crippen LogP contribution < -0.4 is 16.0 Å². The van der Waals surface area contributed by atoms with Gasteiger partial charge in [-0.2, -0.15) is 0 Å². The van der Waals surface area contributed by atoms with Crippen LogP contribution in [0.5, 0.6) is 0 Å². The molecule has 0 aromatic heterocycles. The van der Waals surface area contributed by atoms with Gasteiger partial charge in [-0.05, 0) is 19.8 Å². The Kier molecular flexibility index (Phi) is 5.97. The highest BCUT2D eigenvalue weighted by molar-refractivity contribution is 5.83. The van der Waals surface area contributed by atoms with Gasteiger partial charge in [-0.25, -0.2) is 0 Å². The maximum atomic E-state index is 11.6. The van der Waals surface area contributed by atoms with Gasteiger partial charge in [0.05, 0.1) is 12.6 Å². The van der Waals surface area contributed by atoms with E-state index in [4.69, 9.17) is 0 Å². The standard InChI is InChI=1S/C12H23N3O2/c1-9(12(17)13-2)14-8-11(16)15-10-6-4-3-5-7-10/h9-10,14H,3-8H2,1-2H3,(H,13,17)(H,15,16). The first-order valence-corrected chi connectivity index (χ1v) is 6.38. The SMILES string of the molecule is CNC(=O)C(C)NCC(=O)NC1CCCCC1. The van der Waals surface area contributed by atoms with Crippen LogP contribution in [0.15, 0.2) is 0 Å². The van der Waals surface area contributed by atoms with Gasteiger partial charge in [-0.3, -0.25) is 14.9 Å². The van der Waals surface area contributed by atoms with Crippen molar-refractivity contribution in [3.05, 3.63) is 0 Å². The molecule has 0 aromatic carbocycles. The van der Waals surface area contributed by atoms with E-state index in [-0.39, 0.29) is 24.4 Å². The molecule has 1 unspecified atom stereocenters. The van der Waals surface area contributed by atoms with Crippen LogP contribution >= 0.6 is 0 Å². The van der Waals surface area contributed by atoms with Crippen LogP contribution in [0.3, 0.4) is 0 Å². The van der Waals surface area contributed by atoms with E-state index in [1.54, 1.807) is 14.0 Å². The van der Waals surface area contributed by atoms with E-state index in [1.807, 2.05) is 0 Å². The third-order valence-corrected chi connectivity index (χ3v) is 3.18. The molecule has 5 heteroatoms. The monoisotopic (exact) mass is 241 g/mol. The van der Waals surface area contributed by atoms with Crippen LogP contribution in [0, 0.1) is 0 Å². The third-order valence-electron chi connectivity index (χ3n) is 3.18. The quantitative estimate of drug-likeness (QED) is 0.642. The molecule has 0 heterocycles. The summed E-state index contributed by atoms with van der Waals surface area (Å²) in [5, 5.41) is 8.43. The first-order valence-electron chi connectivity index (χ1n) is 6.38.